The van der Waals surface area contributed by atoms with Crippen LogP contribution in [-0.2, 0) is 0 Å². The Morgan fingerprint density at radius 3 is 1.72 bits per heavy atom. The normalized spacial score (nSPS) is 12.2. The lowest BCUT2D eigenvalue weighted by atomic mass is 10.00. The molecule has 53 heavy (non-hydrogen) atoms. The van der Waals surface area contributed by atoms with Gasteiger partial charge in [0.2, 0.25) is 0 Å². The Balaban J connectivity index is 1.08. The first-order chi connectivity index (χ1) is 26.3. The van der Waals surface area contributed by atoms with Crippen LogP contribution in [0, 0.1) is 0 Å². The quantitative estimate of drug-likeness (QED) is 0.183. The minimum absolute atomic E-state index is 0.895. The number of fused-ring (bicyclic) bond motifs is 12. The number of para-hydroxylation sites is 2. The van der Waals surface area contributed by atoms with E-state index in [1.807, 2.05) is 12.1 Å². The summed E-state index contributed by atoms with van der Waals surface area (Å²) in [6.45, 7) is 0. The summed E-state index contributed by atoms with van der Waals surface area (Å²) in [5.41, 5.74) is 11.3. The second kappa shape index (κ2) is 10.7. The first-order valence-corrected chi connectivity index (χ1v) is 18.2. The molecule has 12 rings (SSSR count). The molecule has 246 valence electrons. The molecule has 0 spiro atoms. The maximum atomic E-state index is 6.38. The number of nitrogens with zero attached hydrogens (tertiary/aromatic N) is 2. The summed E-state index contributed by atoms with van der Waals surface area (Å²) in [5, 5.41) is 12.2. The zero-order valence-corrected chi connectivity index (χ0v) is 28.6. The van der Waals surface area contributed by atoms with Crippen LogP contribution in [0.3, 0.4) is 0 Å². The van der Waals surface area contributed by atoms with Gasteiger partial charge in [0.25, 0.3) is 0 Å². The van der Waals surface area contributed by atoms with Crippen molar-refractivity contribution in [1.29, 1.82) is 0 Å². The summed E-state index contributed by atoms with van der Waals surface area (Å²) in [7, 11) is 0. The highest BCUT2D eigenvalue weighted by Crippen LogP contribution is 2.41. The van der Waals surface area contributed by atoms with Gasteiger partial charge in [-0.3, -0.25) is 0 Å². The van der Waals surface area contributed by atoms with Crippen LogP contribution in [0.5, 0.6) is 0 Å². The molecule has 0 aliphatic carbocycles. The lowest BCUT2D eigenvalue weighted by molar-refractivity contribution is 0.668. The van der Waals surface area contributed by atoms with E-state index in [0.717, 1.165) is 27.6 Å². The van der Waals surface area contributed by atoms with Gasteiger partial charge in [-0.1, -0.05) is 115 Å². The molecular weight excluding hydrogens is 645 g/mol. The van der Waals surface area contributed by atoms with Gasteiger partial charge in [-0.2, -0.15) is 0 Å². The van der Waals surface area contributed by atoms with Crippen LogP contribution in [0.15, 0.2) is 186 Å². The van der Waals surface area contributed by atoms with E-state index in [4.69, 9.17) is 4.42 Å². The van der Waals surface area contributed by atoms with Gasteiger partial charge in [0, 0.05) is 55.1 Å². The predicted octanol–water partition coefficient (Wildman–Crippen LogP) is 13.8. The van der Waals surface area contributed by atoms with E-state index < -0.39 is 0 Å². The van der Waals surface area contributed by atoms with Crippen LogP contribution in [0.2, 0.25) is 0 Å². The van der Waals surface area contributed by atoms with Crippen LogP contribution in [0.4, 0.5) is 0 Å². The molecule has 0 atom stereocenters. The molecule has 0 amide bonds. The third kappa shape index (κ3) is 4.10. The molecular formula is C50H30N2O. The van der Waals surface area contributed by atoms with E-state index in [-0.39, 0.29) is 0 Å². The molecule has 0 aliphatic rings. The molecule has 9 aromatic carbocycles. The van der Waals surface area contributed by atoms with Crippen molar-refractivity contribution in [2.24, 2.45) is 0 Å². The van der Waals surface area contributed by atoms with Crippen molar-refractivity contribution in [1.82, 2.24) is 9.13 Å². The molecule has 3 heteroatoms. The second-order valence-corrected chi connectivity index (χ2v) is 14.1. The standard InChI is InChI=1S/C50H30N2O/c1-2-11-33-27-36(21-17-31(33)9-1)51-45-15-7-5-13-39(45)43-28-34(19-25-46(43)51)35-20-26-47-44(29-35)42-23-18-32-10-3-4-12-38(32)50(42)52(47)37-22-24-41-40-14-6-8-16-48(40)53-49(41)30-37/h1-30H. The van der Waals surface area contributed by atoms with Crippen molar-refractivity contribution in [2.45, 2.75) is 0 Å². The maximum absolute atomic E-state index is 6.38. The molecule has 0 unspecified atom stereocenters. The van der Waals surface area contributed by atoms with Crippen molar-refractivity contribution in [3.63, 3.8) is 0 Å². The van der Waals surface area contributed by atoms with Gasteiger partial charge < -0.3 is 13.6 Å². The number of benzene rings is 9. The van der Waals surface area contributed by atoms with Gasteiger partial charge in [0.15, 0.2) is 0 Å². The summed E-state index contributed by atoms with van der Waals surface area (Å²) in [5.74, 6) is 0. The molecule has 0 bridgehead atoms. The predicted molar refractivity (Wildman–Crippen MR) is 223 cm³/mol. The first kappa shape index (κ1) is 28.6. The van der Waals surface area contributed by atoms with Gasteiger partial charge >= 0.3 is 0 Å². The smallest absolute Gasteiger partial charge is 0.137 e. The topological polar surface area (TPSA) is 23.0 Å². The number of hydrogen-bond donors (Lipinski definition) is 0. The van der Waals surface area contributed by atoms with E-state index in [1.165, 1.54) is 82.0 Å². The van der Waals surface area contributed by atoms with Crippen molar-refractivity contribution >= 4 is 87.1 Å². The van der Waals surface area contributed by atoms with E-state index in [2.05, 4.69) is 179 Å². The molecule has 0 saturated carbocycles. The van der Waals surface area contributed by atoms with Crippen LogP contribution >= 0.6 is 0 Å². The molecule has 3 nitrogen and oxygen atoms in total. The Morgan fingerprint density at radius 1 is 0.302 bits per heavy atom. The van der Waals surface area contributed by atoms with Gasteiger partial charge in [0.05, 0.1) is 22.1 Å². The van der Waals surface area contributed by atoms with Gasteiger partial charge in [-0.05, 0) is 87.9 Å². The van der Waals surface area contributed by atoms with Gasteiger partial charge in [-0.15, -0.1) is 0 Å². The summed E-state index contributed by atoms with van der Waals surface area (Å²) >= 11 is 0. The highest BCUT2D eigenvalue weighted by atomic mass is 16.3. The summed E-state index contributed by atoms with van der Waals surface area (Å²) in [6.07, 6.45) is 0. The van der Waals surface area contributed by atoms with Crippen molar-refractivity contribution in [2.75, 3.05) is 0 Å². The minimum Gasteiger partial charge on any atom is -0.456 e. The molecule has 3 aromatic heterocycles. The lowest BCUT2D eigenvalue weighted by Crippen LogP contribution is -1.94. The number of aromatic nitrogens is 2. The zero-order valence-electron chi connectivity index (χ0n) is 28.6. The van der Waals surface area contributed by atoms with E-state index >= 15 is 0 Å². The Morgan fingerprint density at radius 2 is 0.868 bits per heavy atom. The fraction of sp³-hybridized carbons (Fsp3) is 0. The summed E-state index contributed by atoms with van der Waals surface area (Å²) < 4.78 is 11.2. The highest BCUT2D eigenvalue weighted by Gasteiger charge is 2.19. The Hall–Kier alpha value is -7.10. The fourth-order valence-corrected chi connectivity index (χ4v) is 8.83. The molecule has 0 saturated heterocycles. The SMILES string of the molecule is c1ccc2cc(-n3c4ccccc4c4cc(-c5ccc6c(c5)c5ccc7ccccc7c5n6-c5ccc6c(c5)oc5ccccc56)ccc43)ccc2c1. The van der Waals surface area contributed by atoms with Crippen LogP contribution in [0.1, 0.15) is 0 Å². The lowest BCUT2D eigenvalue weighted by Gasteiger charge is -2.11. The summed E-state index contributed by atoms with van der Waals surface area (Å²) in [4.78, 5) is 0. The van der Waals surface area contributed by atoms with E-state index in [9.17, 15) is 0 Å². The average molecular weight is 675 g/mol. The maximum Gasteiger partial charge on any atom is 0.137 e. The van der Waals surface area contributed by atoms with E-state index in [0.29, 0.717) is 0 Å². The fourth-order valence-electron chi connectivity index (χ4n) is 8.83. The van der Waals surface area contributed by atoms with Gasteiger partial charge in [-0.25, -0.2) is 0 Å². The van der Waals surface area contributed by atoms with Crippen LogP contribution < -0.4 is 0 Å². The van der Waals surface area contributed by atoms with E-state index in [1.54, 1.807) is 0 Å². The Labute approximate surface area is 304 Å². The van der Waals surface area contributed by atoms with Crippen molar-refractivity contribution < 1.29 is 4.42 Å². The third-order valence-corrected chi connectivity index (χ3v) is 11.3. The highest BCUT2D eigenvalue weighted by molar-refractivity contribution is 6.20. The number of hydrogen-bond acceptors (Lipinski definition) is 1. The second-order valence-electron chi connectivity index (χ2n) is 14.1. The minimum atomic E-state index is 0.895. The molecule has 0 N–H and O–H groups in total. The monoisotopic (exact) mass is 674 g/mol. The van der Waals surface area contributed by atoms with Crippen LogP contribution in [0.25, 0.3) is 110 Å². The van der Waals surface area contributed by atoms with Crippen LogP contribution in [-0.4, -0.2) is 9.13 Å². The first-order valence-electron chi connectivity index (χ1n) is 18.2. The zero-order chi connectivity index (χ0) is 34.6. The molecule has 0 radical (unpaired) electrons. The third-order valence-electron chi connectivity index (χ3n) is 11.3. The molecule has 3 heterocycles. The van der Waals surface area contributed by atoms with Gasteiger partial charge in [0.1, 0.15) is 11.2 Å². The number of furan rings is 1. The molecule has 12 aromatic rings. The largest absolute Gasteiger partial charge is 0.456 e. The van der Waals surface area contributed by atoms with Crippen molar-refractivity contribution in [3.8, 4) is 22.5 Å². The van der Waals surface area contributed by atoms with Crippen molar-refractivity contribution in [3.05, 3.63) is 182 Å². The number of rotatable bonds is 3. The molecule has 0 aliphatic heterocycles. The average Bonchev–Trinajstić information content (AvgIpc) is 3.87. The Kier molecular flexibility index (Phi) is 5.77. The Bertz CT molecular complexity index is 3470. The molecule has 0 fully saturated rings. The summed E-state index contributed by atoms with van der Waals surface area (Å²) in [6, 6.07) is 66.2.